The normalized spacial score (nSPS) is 10.8. The molecule has 0 aliphatic carbocycles. The van der Waals surface area contributed by atoms with E-state index in [1.54, 1.807) is 17.9 Å². The number of hydrogen-bond acceptors (Lipinski definition) is 4. The van der Waals surface area contributed by atoms with Crippen LogP contribution < -0.4 is 15.0 Å². The van der Waals surface area contributed by atoms with Crippen molar-refractivity contribution in [1.29, 1.82) is 0 Å². The van der Waals surface area contributed by atoms with E-state index in [-0.39, 0.29) is 5.56 Å². The molecule has 0 saturated carbocycles. The first kappa shape index (κ1) is 22.8. The van der Waals surface area contributed by atoms with Gasteiger partial charge in [0.25, 0.3) is 5.56 Å². The Morgan fingerprint density at radius 3 is 2.03 bits per heavy atom. The largest absolute Gasteiger partial charge is 0.497 e. The van der Waals surface area contributed by atoms with Crippen LogP contribution in [0.15, 0.2) is 101 Å². The predicted molar refractivity (Wildman–Crippen MR) is 134 cm³/mol. The first-order valence-electron chi connectivity index (χ1n) is 11.1. The zero-order valence-corrected chi connectivity index (χ0v) is 19.5. The number of para-hydroxylation sites is 2. The average molecular weight is 461 g/mol. The molecule has 33 heavy (non-hydrogen) atoms. The highest BCUT2D eigenvalue weighted by Gasteiger charge is 2.15. The van der Waals surface area contributed by atoms with Gasteiger partial charge < -0.3 is 9.47 Å². The van der Waals surface area contributed by atoms with Crippen molar-refractivity contribution >= 4 is 11.8 Å². The monoisotopic (exact) mass is 460 g/mol. The van der Waals surface area contributed by atoms with Gasteiger partial charge in [0.1, 0.15) is 5.75 Å². The van der Waals surface area contributed by atoms with Crippen molar-refractivity contribution in [2.75, 3.05) is 19.5 Å². The third kappa shape index (κ3) is 5.90. The summed E-state index contributed by atoms with van der Waals surface area (Å²) in [5, 5.41) is 0. The summed E-state index contributed by atoms with van der Waals surface area (Å²) in [6.45, 7) is 0.568. The minimum atomic E-state index is -0.115. The van der Waals surface area contributed by atoms with Crippen molar-refractivity contribution in [3.05, 3.63) is 101 Å². The van der Waals surface area contributed by atoms with Crippen LogP contribution in [0, 0.1) is 0 Å². The minimum Gasteiger partial charge on any atom is -0.497 e. The molecule has 0 aliphatic rings. The Hall–Kier alpha value is -3.38. The van der Waals surface area contributed by atoms with E-state index in [2.05, 4.69) is 12.1 Å². The highest BCUT2D eigenvalue weighted by Crippen LogP contribution is 2.23. The van der Waals surface area contributed by atoms with Gasteiger partial charge in [0.15, 0.2) is 0 Å². The number of benzene rings is 3. The van der Waals surface area contributed by atoms with E-state index < -0.39 is 0 Å². The molecule has 4 rings (SSSR count). The highest BCUT2D eigenvalue weighted by molar-refractivity contribution is 7.99. The second-order valence-corrected chi connectivity index (χ2v) is 8.72. The molecule has 1 aromatic heterocycles. The molecule has 5 nitrogen and oxygen atoms in total. The number of nitrogens with zero attached hydrogens (tertiary/aromatic N) is 2. The van der Waals surface area contributed by atoms with Gasteiger partial charge in [0.05, 0.1) is 31.2 Å². The first-order chi connectivity index (χ1) is 16.3. The number of unbranched alkanes of at least 4 members (excludes halogenated alkanes) is 2. The van der Waals surface area contributed by atoms with Crippen LogP contribution in [-0.2, 0) is 0 Å². The molecular weight excluding hydrogens is 432 g/mol. The second-order valence-electron chi connectivity index (χ2n) is 7.55. The smallest absolute Gasteiger partial charge is 0.275 e. The summed E-state index contributed by atoms with van der Waals surface area (Å²) in [7, 11) is 1.68. The van der Waals surface area contributed by atoms with Gasteiger partial charge >= 0.3 is 0 Å². The van der Waals surface area contributed by atoms with Crippen molar-refractivity contribution in [3.63, 3.8) is 0 Å². The zero-order chi connectivity index (χ0) is 22.9. The van der Waals surface area contributed by atoms with Crippen molar-refractivity contribution in [2.45, 2.75) is 24.2 Å². The van der Waals surface area contributed by atoms with E-state index >= 15 is 0 Å². The van der Waals surface area contributed by atoms with Crippen LogP contribution in [0.5, 0.6) is 11.6 Å². The lowest BCUT2D eigenvalue weighted by molar-refractivity contribution is 0.284. The van der Waals surface area contributed by atoms with Crippen molar-refractivity contribution in [1.82, 2.24) is 9.36 Å². The number of rotatable bonds is 11. The summed E-state index contributed by atoms with van der Waals surface area (Å²) in [5.41, 5.74) is 1.57. The SMILES string of the molecule is COc1ccc(SCCCCCOc2cc(=O)n(-c3ccccc3)n2-c2ccccc2)cc1. The molecular formula is C27H28N2O3S. The fourth-order valence-electron chi connectivity index (χ4n) is 3.57. The molecule has 0 radical (unpaired) electrons. The second kappa shape index (κ2) is 11.5. The van der Waals surface area contributed by atoms with Crippen LogP contribution in [-0.4, -0.2) is 28.8 Å². The number of thioether (sulfide) groups is 1. The fraction of sp³-hybridized carbons (Fsp3) is 0.222. The van der Waals surface area contributed by atoms with Gasteiger partial charge in [-0.1, -0.05) is 36.4 Å². The van der Waals surface area contributed by atoms with Gasteiger partial charge in [-0.15, -0.1) is 11.8 Å². The van der Waals surface area contributed by atoms with Gasteiger partial charge in [-0.2, -0.15) is 0 Å². The highest BCUT2D eigenvalue weighted by atomic mass is 32.2. The third-order valence-electron chi connectivity index (χ3n) is 5.23. The topological polar surface area (TPSA) is 45.4 Å². The standard InChI is InChI=1S/C27H28N2O3S/c1-31-24-15-17-25(18-16-24)33-20-10-4-9-19-32-27-21-26(30)28(22-11-5-2-6-12-22)29(27)23-13-7-3-8-14-23/h2-3,5-8,11-18,21H,4,9-10,19-20H2,1H3. The van der Waals surface area contributed by atoms with Crippen LogP contribution in [0.25, 0.3) is 11.4 Å². The maximum absolute atomic E-state index is 12.8. The van der Waals surface area contributed by atoms with E-state index in [9.17, 15) is 4.79 Å². The molecule has 3 aromatic carbocycles. The lowest BCUT2D eigenvalue weighted by atomic mass is 10.3. The molecule has 0 aliphatic heterocycles. The molecule has 0 amide bonds. The summed E-state index contributed by atoms with van der Waals surface area (Å²) in [6.07, 6.45) is 3.11. The first-order valence-corrected chi connectivity index (χ1v) is 12.1. The third-order valence-corrected chi connectivity index (χ3v) is 6.33. The van der Waals surface area contributed by atoms with Gasteiger partial charge in [0, 0.05) is 4.90 Å². The Balaban J connectivity index is 1.35. The Morgan fingerprint density at radius 1 is 0.758 bits per heavy atom. The lowest BCUT2D eigenvalue weighted by Crippen LogP contribution is -2.20. The summed E-state index contributed by atoms with van der Waals surface area (Å²) < 4.78 is 14.8. The van der Waals surface area contributed by atoms with Crippen LogP contribution in [0.4, 0.5) is 0 Å². The number of methoxy groups -OCH3 is 1. The zero-order valence-electron chi connectivity index (χ0n) is 18.7. The van der Waals surface area contributed by atoms with Crippen molar-refractivity contribution < 1.29 is 9.47 Å². The van der Waals surface area contributed by atoms with Crippen LogP contribution in [0.3, 0.4) is 0 Å². The molecule has 0 unspecified atom stereocenters. The molecule has 0 spiro atoms. The van der Waals surface area contributed by atoms with Gasteiger partial charge in [-0.25, -0.2) is 9.36 Å². The fourth-order valence-corrected chi connectivity index (χ4v) is 4.48. The quantitative estimate of drug-likeness (QED) is 0.204. The Morgan fingerprint density at radius 2 is 1.39 bits per heavy atom. The molecule has 0 bridgehead atoms. The summed E-state index contributed by atoms with van der Waals surface area (Å²) >= 11 is 1.85. The summed E-state index contributed by atoms with van der Waals surface area (Å²) in [4.78, 5) is 14.1. The lowest BCUT2D eigenvalue weighted by Gasteiger charge is -2.15. The molecule has 4 aromatic rings. The molecule has 170 valence electrons. The van der Waals surface area contributed by atoms with Crippen molar-refractivity contribution in [3.8, 4) is 23.0 Å². The molecule has 0 atom stereocenters. The van der Waals surface area contributed by atoms with Crippen LogP contribution in [0.1, 0.15) is 19.3 Å². The predicted octanol–water partition coefficient (Wildman–Crippen LogP) is 5.98. The molecule has 1 heterocycles. The van der Waals surface area contributed by atoms with E-state index in [1.165, 1.54) is 4.90 Å². The van der Waals surface area contributed by atoms with E-state index in [0.717, 1.165) is 42.1 Å². The molecule has 0 fully saturated rings. The number of aromatic nitrogens is 2. The Labute approximate surface area is 198 Å². The molecule has 0 saturated heterocycles. The molecule has 0 N–H and O–H groups in total. The number of hydrogen-bond donors (Lipinski definition) is 0. The van der Waals surface area contributed by atoms with E-state index in [0.29, 0.717) is 12.5 Å². The maximum Gasteiger partial charge on any atom is 0.275 e. The number of ether oxygens (including phenoxy) is 2. The summed E-state index contributed by atoms with van der Waals surface area (Å²) in [5.74, 6) is 2.50. The van der Waals surface area contributed by atoms with Gasteiger partial charge in [0.2, 0.25) is 5.88 Å². The van der Waals surface area contributed by atoms with Crippen LogP contribution in [0.2, 0.25) is 0 Å². The Bertz CT molecular complexity index is 1190. The van der Waals surface area contributed by atoms with Crippen molar-refractivity contribution in [2.24, 2.45) is 0 Å². The van der Waals surface area contributed by atoms with E-state index in [4.69, 9.17) is 9.47 Å². The summed E-state index contributed by atoms with van der Waals surface area (Å²) in [6, 6.07) is 29.2. The van der Waals surface area contributed by atoms with Gasteiger partial charge in [-0.3, -0.25) is 4.79 Å². The van der Waals surface area contributed by atoms with Gasteiger partial charge in [-0.05, 0) is 73.5 Å². The maximum atomic E-state index is 12.8. The van der Waals surface area contributed by atoms with E-state index in [1.807, 2.05) is 89.2 Å². The Kier molecular flexibility index (Phi) is 7.93. The molecule has 6 heteroatoms. The van der Waals surface area contributed by atoms with Crippen LogP contribution >= 0.6 is 11.8 Å². The average Bonchev–Trinajstić information content (AvgIpc) is 3.20. The minimum absolute atomic E-state index is 0.115.